The van der Waals surface area contributed by atoms with E-state index in [1.807, 2.05) is 13.0 Å². The fraction of sp³-hybridized carbons (Fsp3) is 0.643. The Bertz CT molecular complexity index is 438. The molecule has 1 unspecified atom stereocenters. The second kappa shape index (κ2) is 6.35. The molecule has 1 fully saturated rings. The van der Waals surface area contributed by atoms with Crippen molar-refractivity contribution < 1.29 is 4.79 Å². The summed E-state index contributed by atoms with van der Waals surface area (Å²) in [6.07, 6.45) is 2.27. The second-order valence-corrected chi connectivity index (χ2v) is 7.09. The second-order valence-electron chi connectivity index (χ2n) is 5.37. The number of nitrogens with zero attached hydrogens (tertiary/aromatic N) is 2. The van der Waals surface area contributed by atoms with Gasteiger partial charge < -0.3 is 4.90 Å². The molecule has 1 atom stereocenters. The van der Waals surface area contributed by atoms with Crippen LogP contribution in [0.25, 0.3) is 0 Å². The molecule has 2 rings (SSSR count). The van der Waals surface area contributed by atoms with Crippen LogP contribution < -0.4 is 0 Å². The Morgan fingerprint density at radius 2 is 2.05 bits per heavy atom. The van der Waals surface area contributed by atoms with Crippen molar-refractivity contribution in [2.75, 3.05) is 27.2 Å². The van der Waals surface area contributed by atoms with Crippen molar-refractivity contribution in [1.29, 1.82) is 0 Å². The fourth-order valence-corrected chi connectivity index (χ4v) is 3.67. The summed E-state index contributed by atoms with van der Waals surface area (Å²) in [5.74, 6) is 0.195. The van der Waals surface area contributed by atoms with Gasteiger partial charge in [-0.05, 0) is 46.0 Å². The van der Waals surface area contributed by atoms with E-state index in [1.54, 1.807) is 6.07 Å². The van der Waals surface area contributed by atoms with E-state index in [1.165, 1.54) is 11.3 Å². The van der Waals surface area contributed by atoms with Gasteiger partial charge in [0.1, 0.15) is 0 Å². The molecule has 0 amide bonds. The molecule has 3 nitrogen and oxygen atoms in total. The van der Waals surface area contributed by atoms with Crippen molar-refractivity contribution in [3.8, 4) is 0 Å². The number of hydrogen-bond acceptors (Lipinski definition) is 4. The van der Waals surface area contributed by atoms with Crippen molar-refractivity contribution in [3.63, 3.8) is 0 Å². The Labute approximate surface area is 124 Å². The summed E-state index contributed by atoms with van der Waals surface area (Å²) < 4.78 is 0.682. The van der Waals surface area contributed by atoms with Crippen molar-refractivity contribution in [2.24, 2.45) is 0 Å². The lowest BCUT2D eigenvalue weighted by atomic mass is 10.0. The Kier molecular flexibility index (Phi) is 5.01. The molecule has 1 aliphatic heterocycles. The van der Waals surface area contributed by atoms with Crippen LogP contribution in [0.3, 0.4) is 0 Å². The zero-order chi connectivity index (χ0) is 14.0. The quantitative estimate of drug-likeness (QED) is 0.799. The number of thiophene rings is 1. The zero-order valence-electron chi connectivity index (χ0n) is 11.7. The van der Waals surface area contributed by atoms with E-state index in [4.69, 9.17) is 11.6 Å². The van der Waals surface area contributed by atoms with Crippen molar-refractivity contribution in [2.45, 2.75) is 31.8 Å². The van der Waals surface area contributed by atoms with E-state index in [-0.39, 0.29) is 11.8 Å². The molecule has 2 heterocycles. The molecule has 1 aromatic rings. The fourth-order valence-electron chi connectivity index (χ4n) is 2.61. The van der Waals surface area contributed by atoms with E-state index in [0.717, 1.165) is 30.8 Å². The van der Waals surface area contributed by atoms with Gasteiger partial charge in [0.05, 0.1) is 15.3 Å². The molecule has 106 valence electrons. The first-order valence-corrected chi connectivity index (χ1v) is 7.88. The third-order valence-corrected chi connectivity index (χ3v) is 5.22. The lowest BCUT2D eigenvalue weighted by molar-refractivity contribution is 0.0740. The Morgan fingerprint density at radius 3 is 2.53 bits per heavy atom. The van der Waals surface area contributed by atoms with Gasteiger partial charge in [0.25, 0.3) is 0 Å². The van der Waals surface area contributed by atoms with Crippen LogP contribution in [-0.2, 0) is 0 Å². The SMILES string of the molecule is CC(C(=O)c1ccc(Cl)s1)N1CCC(N(C)C)CC1. The van der Waals surface area contributed by atoms with Crippen LogP contribution >= 0.6 is 22.9 Å². The topological polar surface area (TPSA) is 23.6 Å². The molecule has 0 bridgehead atoms. The lowest BCUT2D eigenvalue weighted by Gasteiger charge is -2.37. The number of piperidine rings is 1. The van der Waals surface area contributed by atoms with Crippen LogP contribution in [0.1, 0.15) is 29.4 Å². The minimum absolute atomic E-state index is 0.0437. The summed E-state index contributed by atoms with van der Waals surface area (Å²) in [4.78, 5) is 17.7. The Balaban J connectivity index is 1.94. The normalized spacial score (nSPS) is 19.8. The van der Waals surface area contributed by atoms with Gasteiger partial charge in [0.2, 0.25) is 0 Å². The smallest absolute Gasteiger partial charge is 0.189 e. The third-order valence-electron chi connectivity index (χ3n) is 3.97. The van der Waals surface area contributed by atoms with Crippen LogP contribution in [0.5, 0.6) is 0 Å². The number of likely N-dealkylation sites (tertiary alicyclic amines) is 1. The summed E-state index contributed by atoms with van der Waals surface area (Å²) >= 11 is 7.27. The van der Waals surface area contributed by atoms with Crippen LogP contribution in [0.2, 0.25) is 4.34 Å². The number of halogens is 1. The summed E-state index contributed by atoms with van der Waals surface area (Å²) in [5.41, 5.74) is 0. The standard InChI is InChI=1S/C14H21ClN2OS/c1-10(14(18)12-4-5-13(15)19-12)17-8-6-11(7-9-17)16(2)3/h4-5,10-11H,6-9H2,1-3H3. The number of carbonyl (C=O) groups is 1. The highest BCUT2D eigenvalue weighted by Crippen LogP contribution is 2.25. The van der Waals surface area contributed by atoms with Gasteiger partial charge in [-0.15, -0.1) is 11.3 Å². The van der Waals surface area contributed by atoms with Crippen molar-refractivity contribution >= 4 is 28.7 Å². The first-order chi connectivity index (χ1) is 8.99. The molecule has 0 N–H and O–H groups in total. The maximum absolute atomic E-state index is 12.4. The highest BCUT2D eigenvalue weighted by Gasteiger charge is 2.28. The number of carbonyl (C=O) groups excluding carboxylic acids is 1. The monoisotopic (exact) mass is 300 g/mol. The predicted octanol–water partition coefficient (Wildman–Crippen LogP) is 3.00. The van der Waals surface area contributed by atoms with Crippen LogP contribution in [-0.4, -0.2) is 54.9 Å². The van der Waals surface area contributed by atoms with Crippen molar-refractivity contribution in [3.05, 3.63) is 21.3 Å². The van der Waals surface area contributed by atoms with E-state index >= 15 is 0 Å². The van der Waals surface area contributed by atoms with Gasteiger partial charge in [0, 0.05) is 19.1 Å². The maximum atomic E-state index is 12.4. The predicted molar refractivity (Wildman–Crippen MR) is 81.4 cm³/mol. The van der Waals surface area contributed by atoms with E-state index in [2.05, 4.69) is 23.9 Å². The number of Topliss-reactive ketones (excluding diaryl/α,β-unsaturated/α-hetero) is 1. The van der Waals surface area contributed by atoms with Gasteiger partial charge in [0.15, 0.2) is 5.78 Å². The lowest BCUT2D eigenvalue weighted by Crippen LogP contribution is -2.47. The van der Waals surface area contributed by atoms with Crippen molar-refractivity contribution in [1.82, 2.24) is 9.80 Å². The molecule has 19 heavy (non-hydrogen) atoms. The van der Waals surface area contributed by atoms with E-state index in [9.17, 15) is 4.79 Å². The first kappa shape index (κ1) is 15.0. The van der Waals surface area contributed by atoms with Crippen LogP contribution in [0.15, 0.2) is 12.1 Å². The maximum Gasteiger partial charge on any atom is 0.189 e. The van der Waals surface area contributed by atoms with E-state index < -0.39 is 0 Å². The molecular formula is C14H21ClN2OS. The average molecular weight is 301 g/mol. The van der Waals surface area contributed by atoms with Gasteiger partial charge in [-0.25, -0.2) is 0 Å². The highest BCUT2D eigenvalue weighted by atomic mass is 35.5. The molecule has 0 aliphatic carbocycles. The molecule has 0 aromatic carbocycles. The minimum atomic E-state index is -0.0437. The number of ketones is 1. The summed E-state index contributed by atoms with van der Waals surface area (Å²) in [7, 11) is 4.26. The molecule has 0 spiro atoms. The summed E-state index contributed by atoms with van der Waals surface area (Å²) in [6.45, 7) is 4.00. The van der Waals surface area contributed by atoms with Crippen LogP contribution in [0.4, 0.5) is 0 Å². The Morgan fingerprint density at radius 1 is 1.42 bits per heavy atom. The first-order valence-electron chi connectivity index (χ1n) is 6.69. The molecule has 5 heteroatoms. The largest absolute Gasteiger partial charge is 0.306 e. The molecule has 1 aliphatic rings. The van der Waals surface area contributed by atoms with E-state index in [0.29, 0.717) is 10.4 Å². The van der Waals surface area contributed by atoms with Gasteiger partial charge in [-0.2, -0.15) is 0 Å². The van der Waals surface area contributed by atoms with Gasteiger partial charge in [-0.3, -0.25) is 9.69 Å². The average Bonchev–Trinajstić information content (AvgIpc) is 2.84. The summed E-state index contributed by atoms with van der Waals surface area (Å²) in [5, 5.41) is 0. The molecule has 0 radical (unpaired) electrons. The summed E-state index contributed by atoms with van der Waals surface area (Å²) in [6, 6.07) is 4.23. The highest BCUT2D eigenvalue weighted by molar-refractivity contribution is 7.18. The number of rotatable bonds is 4. The molecule has 1 saturated heterocycles. The number of hydrogen-bond donors (Lipinski definition) is 0. The van der Waals surface area contributed by atoms with Crippen LogP contribution in [0, 0.1) is 0 Å². The molecule has 1 aromatic heterocycles. The van der Waals surface area contributed by atoms with Gasteiger partial charge >= 0.3 is 0 Å². The minimum Gasteiger partial charge on any atom is -0.306 e. The third kappa shape index (κ3) is 3.57. The molecular weight excluding hydrogens is 280 g/mol. The van der Waals surface area contributed by atoms with Gasteiger partial charge in [-0.1, -0.05) is 11.6 Å². The molecule has 0 saturated carbocycles. The zero-order valence-corrected chi connectivity index (χ0v) is 13.3. The Hall–Kier alpha value is -0.420.